The number of hydrogen-bond donors (Lipinski definition) is 1. The van der Waals surface area contributed by atoms with Crippen LogP contribution >= 0.6 is 11.8 Å². The second-order valence-corrected chi connectivity index (χ2v) is 5.75. The minimum Gasteiger partial charge on any atom is -0.494 e. The van der Waals surface area contributed by atoms with Gasteiger partial charge in [0.05, 0.1) is 13.2 Å². The van der Waals surface area contributed by atoms with Crippen LogP contribution in [-0.2, 0) is 4.74 Å². The minimum atomic E-state index is -0.362. The predicted octanol–water partition coefficient (Wildman–Crippen LogP) is 2.75. The molecule has 1 aromatic rings. The Morgan fingerprint density at radius 3 is 3.05 bits per heavy atom. The van der Waals surface area contributed by atoms with Crippen molar-refractivity contribution < 1.29 is 13.9 Å². The standard InChI is InChI=1S/C14H20FNO2S/c1-17-14-5-4-10(7-12(14)15)13(16)9-19-8-11-3-2-6-18-11/h4-5,7,11,13H,2-3,6,8-9,16H2,1H3. The Morgan fingerprint density at radius 1 is 1.58 bits per heavy atom. The maximum Gasteiger partial charge on any atom is 0.165 e. The fraction of sp³-hybridized carbons (Fsp3) is 0.571. The summed E-state index contributed by atoms with van der Waals surface area (Å²) in [5, 5.41) is 0. The largest absolute Gasteiger partial charge is 0.494 e. The summed E-state index contributed by atoms with van der Waals surface area (Å²) in [5.74, 6) is 1.63. The molecule has 0 amide bonds. The quantitative estimate of drug-likeness (QED) is 0.873. The molecule has 2 N–H and O–H groups in total. The molecular formula is C14H20FNO2S. The molecule has 19 heavy (non-hydrogen) atoms. The molecule has 106 valence electrons. The molecule has 1 aromatic carbocycles. The van der Waals surface area contributed by atoms with Crippen molar-refractivity contribution in [3.8, 4) is 5.75 Å². The Bertz CT molecular complexity index is 410. The van der Waals surface area contributed by atoms with Crippen molar-refractivity contribution in [2.45, 2.75) is 25.0 Å². The Hall–Kier alpha value is -0.780. The zero-order valence-corrected chi connectivity index (χ0v) is 11.9. The molecule has 1 aliphatic heterocycles. The maximum absolute atomic E-state index is 13.6. The summed E-state index contributed by atoms with van der Waals surface area (Å²) in [6.45, 7) is 0.876. The zero-order chi connectivity index (χ0) is 13.7. The second-order valence-electron chi connectivity index (χ2n) is 4.67. The molecule has 1 heterocycles. The van der Waals surface area contributed by atoms with Crippen LogP contribution in [0.4, 0.5) is 4.39 Å². The predicted molar refractivity (Wildman–Crippen MR) is 76.2 cm³/mol. The van der Waals surface area contributed by atoms with E-state index in [0.717, 1.165) is 36.5 Å². The van der Waals surface area contributed by atoms with Gasteiger partial charge in [0.25, 0.3) is 0 Å². The second kappa shape index (κ2) is 7.12. The monoisotopic (exact) mass is 285 g/mol. The first-order valence-corrected chi connectivity index (χ1v) is 7.64. The molecule has 2 unspecified atom stereocenters. The first kappa shape index (κ1) is 14.6. The molecule has 1 aliphatic rings. The van der Waals surface area contributed by atoms with E-state index >= 15 is 0 Å². The summed E-state index contributed by atoms with van der Waals surface area (Å²) in [6.07, 6.45) is 2.66. The molecule has 0 aromatic heterocycles. The number of rotatable bonds is 6. The summed E-state index contributed by atoms with van der Waals surface area (Å²) in [6, 6.07) is 4.73. The van der Waals surface area contributed by atoms with Crippen molar-refractivity contribution >= 4 is 11.8 Å². The van der Waals surface area contributed by atoms with Gasteiger partial charge in [-0.3, -0.25) is 0 Å². The smallest absolute Gasteiger partial charge is 0.165 e. The molecule has 0 spiro atoms. The highest BCUT2D eigenvalue weighted by Crippen LogP contribution is 2.24. The number of halogens is 1. The van der Waals surface area contributed by atoms with E-state index in [1.807, 2.05) is 6.07 Å². The molecule has 1 saturated heterocycles. The van der Waals surface area contributed by atoms with Gasteiger partial charge in [0, 0.05) is 24.2 Å². The van der Waals surface area contributed by atoms with Gasteiger partial charge in [-0.15, -0.1) is 0 Å². The number of benzene rings is 1. The van der Waals surface area contributed by atoms with E-state index in [1.165, 1.54) is 13.2 Å². The maximum atomic E-state index is 13.6. The highest BCUT2D eigenvalue weighted by atomic mass is 32.2. The number of ether oxygens (including phenoxy) is 2. The Morgan fingerprint density at radius 2 is 2.42 bits per heavy atom. The van der Waals surface area contributed by atoms with E-state index in [9.17, 15) is 4.39 Å². The average Bonchev–Trinajstić information content (AvgIpc) is 2.91. The molecule has 0 aliphatic carbocycles. The lowest BCUT2D eigenvalue weighted by Crippen LogP contribution is -2.16. The van der Waals surface area contributed by atoms with Crippen LogP contribution in [0.1, 0.15) is 24.4 Å². The fourth-order valence-corrected chi connectivity index (χ4v) is 3.22. The molecule has 2 rings (SSSR count). The van der Waals surface area contributed by atoms with Crippen molar-refractivity contribution in [2.75, 3.05) is 25.2 Å². The van der Waals surface area contributed by atoms with Crippen molar-refractivity contribution in [2.24, 2.45) is 5.73 Å². The molecule has 3 nitrogen and oxygen atoms in total. The molecule has 0 saturated carbocycles. The van der Waals surface area contributed by atoms with Gasteiger partial charge in [-0.05, 0) is 30.5 Å². The zero-order valence-electron chi connectivity index (χ0n) is 11.1. The fourth-order valence-electron chi connectivity index (χ4n) is 2.11. The SMILES string of the molecule is COc1ccc(C(N)CSCC2CCCO2)cc1F. The highest BCUT2D eigenvalue weighted by Gasteiger charge is 2.16. The van der Waals surface area contributed by atoms with E-state index < -0.39 is 0 Å². The molecule has 0 radical (unpaired) electrons. The third kappa shape index (κ3) is 4.09. The summed E-state index contributed by atoms with van der Waals surface area (Å²) in [4.78, 5) is 0. The Balaban J connectivity index is 1.81. The number of nitrogens with two attached hydrogens (primary N) is 1. The normalized spacial score (nSPS) is 20.5. The van der Waals surface area contributed by atoms with Crippen LogP contribution in [0.2, 0.25) is 0 Å². The van der Waals surface area contributed by atoms with Gasteiger partial charge in [0.1, 0.15) is 0 Å². The summed E-state index contributed by atoms with van der Waals surface area (Å²) in [5.41, 5.74) is 6.87. The lowest BCUT2D eigenvalue weighted by molar-refractivity contribution is 0.129. The Labute approximate surface area is 117 Å². The molecule has 2 atom stereocenters. The van der Waals surface area contributed by atoms with Gasteiger partial charge < -0.3 is 15.2 Å². The first-order valence-electron chi connectivity index (χ1n) is 6.49. The average molecular weight is 285 g/mol. The van der Waals surface area contributed by atoms with E-state index in [4.69, 9.17) is 15.2 Å². The van der Waals surface area contributed by atoms with Gasteiger partial charge >= 0.3 is 0 Å². The van der Waals surface area contributed by atoms with E-state index in [0.29, 0.717) is 6.10 Å². The number of methoxy groups -OCH3 is 1. The molecule has 1 fully saturated rings. The molecule has 5 heteroatoms. The molecular weight excluding hydrogens is 265 g/mol. The Kier molecular flexibility index (Phi) is 5.48. The van der Waals surface area contributed by atoms with E-state index in [2.05, 4.69) is 0 Å². The first-order chi connectivity index (χ1) is 9.20. The summed E-state index contributed by atoms with van der Waals surface area (Å²) >= 11 is 1.77. The van der Waals surface area contributed by atoms with Crippen molar-refractivity contribution in [1.82, 2.24) is 0 Å². The van der Waals surface area contributed by atoms with Crippen molar-refractivity contribution in [1.29, 1.82) is 0 Å². The van der Waals surface area contributed by atoms with Gasteiger partial charge in [-0.25, -0.2) is 4.39 Å². The third-order valence-electron chi connectivity index (χ3n) is 3.23. The lowest BCUT2D eigenvalue weighted by atomic mass is 10.1. The van der Waals surface area contributed by atoms with Crippen LogP contribution in [0.15, 0.2) is 18.2 Å². The van der Waals surface area contributed by atoms with Gasteiger partial charge in [0.2, 0.25) is 0 Å². The summed E-state index contributed by atoms with van der Waals surface area (Å²) in [7, 11) is 1.45. The lowest BCUT2D eigenvalue weighted by Gasteiger charge is -2.14. The van der Waals surface area contributed by atoms with Crippen molar-refractivity contribution in [3.63, 3.8) is 0 Å². The van der Waals surface area contributed by atoms with Crippen LogP contribution in [0.25, 0.3) is 0 Å². The third-order valence-corrected chi connectivity index (χ3v) is 4.43. The number of thioether (sulfide) groups is 1. The van der Waals surface area contributed by atoms with Crippen molar-refractivity contribution in [3.05, 3.63) is 29.6 Å². The topological polar surface area (TPSA) is 44.5 Å². The van der Waals surface area contributed by atoms with Crippen LogP contribution in [0.3, 0.4) is 0 Å². The molecule has 0 bridgehead atoms. The highest BCUT2D eigenvalue weighted by molar-refractivity contribution is 7.99. The van der Waals surface area contributed by atoms with E-state index in [1.54, 1.807) is 17.8 Å². The van der Waals surface area contributed by atoms with Crippen LogP contribution in [0, 0.1) is 5.82 Å². The van der Waals surface area contributed by atoms with E-state index in [-0.39, 0.29) is 17.6 Å². The van der Waals surface area contributed by atoms with Gasteiger partial charge in [0.15, 0.2) is 11.6 Å². The van der Waals surface area contributed by atoms with Gasteiger partial charge in [-0.2, -0.15) is 11.8 Å². The van der Waals surface area contributed by atoms with Crippen LogP contribution in [0.5, 0.6) is 5.75 Å². The number of hydrogen-bond acceptors (Lipinski definition) is 4. The minimum absolute atomic E-state index is 0.160. The van der Waals surface area contributed by atoms with Crippen LogP contribution in [-0.4, -0.2) is 31.3 Å². The van der Waals surface area contributed by atoms with Crippen LogP contribution < -0.4 is 10.5 Å². The summed E-state index contributed by atoms with van der Waals surface area (Å²) < 4.78 is 24.0. The van der Waals surface area contributed by atoms with Gasteiger partial charge in [-0.1, -0.05) is 6.07 Å².